The second-order valence-electron chi connectivity index (χ2n) is 3.13. The lowest BCUT2D eigenvalue weighted by atomic mass is 9.97. The van der Waals surface area contributed by atoms with E-state index in [1.165, 1.54) is 0 Å². The molecule has 13 heavy (non-hydrogen) atoms. The van der Waals surface area contributed by atoms with E-state index >= 15 is 0 Å². The van der Waals surface area contributed by atoms with Crippen molar-refractivity contribution < 1.29 is 4.74 Å². The van der Waals surface area contributed by atoms with E-state index in [2.05, 4.69) is 11.1 Å². The Morgan fingerprint density at radius 2 is 2.46 bits per heavy atom. The van der Waals surface area contributed by atoms with Crippen molar-refractivity contribution in [2.24, 2.45) is 0 Å². The third-order valence-electron chi connectivity index (χ3n) is 2.37. The largest absolute Gasteiger partial charge is 0.373 e. The van der Waals surface area contributed by atoms with Gasteiger partial charge in [0.25, 0.3) is 0 Å². The predicted molar refractivity (Wildman–Crippen MR) is 47.0 cm³/mol. The molecule has 66 valence electrons. The summed E-state index contributed by atoms with van der Waals surface area (Å²) >= 11 is 0. The van der Waals surface area contributed by atoms with Crippen molar-refractivity contribution in [3.05, 3.63) is 29.1 Å². The number of fused-ring (bicyclic) bond motifs is 1. The first-order valence-corrected chi connectivity index (χ1v) is 4.31. The topological polar surface area (TPSA) is 45.9 Å². The zero-order valence-electron chi connectivity index (χ0n) is 7.45. The third-order valence-corrected chi connectivity index (χ3v) is 2.37. The van der Waals surface area contributed by atoms with Crippen LogP contribution >= 0.6 is 0 Å². The van der Waals surface area contributed by atoms with E-state index < -0.39 is 0 Å². The number of aromatic nitrogens is 1. The molecule has 3 heteroatoms. The average molecular weight is 174 g/mol. The number of hydrogen-bond donors (Lipinski definition) is 0. The summed E-state index contributed by atoms with van der Waals surface area (Å²) in [5.74, 6) is 0. The molecule has 0 bridgehead atoms. The third kappa shape index (κ3) is 1.30. The van der Waals surface area contributed by atoms with Gasteiger partial charge in [-0.2, -0.15) is 5.26 Å². The smallest absolute Gasteiger partial charge is 0.101 e. The molecule has 1 aliphatic heterocycles. The van der Waals surface area contributed by atoms with Gasteiger partial charge >= 0.3 is 0 Å². The van der Waals surface area contributed by atoms with Crippen LogP contribution in [0.15, 0.2) is 12.4 Å². The quantitative estimate of drug-likeness (QED) is 0.600. The van der Waals surface area contributed by atoms with E-state index in [0.29, 0.717) is 12.2 Å². The molecule has 0 radical (unpaired) electrons. The Kier molecular flexibility index (Phi) is 1.99. The molecule has 0 fully saturated rings. The average Bonchev–Trinajstić information content (AvgIpc) is 2.18. The zero-order chi connectivity index (χ0) is 9.26. The summed E-state index contributed by atoms with van der Waals surface area (Å²) in [5.41, 5.74) is 2.86. The van der Waals surface area contributed by atoms with Crippen molar-refractivity contribution >= 4 is 0 Å². The maximum atomic E-state index is 8.85. The van der Waals surface area contributed by atoms with Crippen molar-refractivity contribution in [3.63, 3.8) is 0 Å². The standard InChI is InChI=1S/C10H10N2O/c1-7-10-6-12-5-8(4-11)9(10)2-3-13-7/h5-7H,2-3H2,1H3. The van der Waals surface area contributed by atoms with Crippen LogP contribution < -0.4 is 0 Å². The van der Waals surface area contributed by atoms with Crippen molar-refractivity contribution in [2.45, 2.75) is 19.4 Å². The molecule has 0 saturated carbocycles. The second-order valence-corrected chi connectivity index (χ2v) is 3.13. The van der Waals surface area contributed by atoms with E-state index in [4.69, 9.17) is 10.00 Å². The lowest BCUT2D eigenvalue weighted by Crippen LogP contribution is -2.15. The number of nitriles is 1. The van der Waals surface area contributed by atoms with Crippen molar-refractivity contribution in [2.75, 3.05) is 6.61 Å². The van der Waals surface area contributed by atoms with Gasteiger partial charge in [-0.25, -0.2) is 0 Å². The fourth-order valence-corrected chi connectivity index (χ4v) is 1.66. The van der Waals surface area contributed by atoms with Crippen LogP contribution in [-0.2, 0) is 11.2 Å². The van der Waals surface area contributed by atoms with Crippen LogP contribution in [0.4, 0.5) is 0 Å². The summed E-state index contributed by atoms with van der Waals surface area (Å²) in [5, 5.41) is 8.85. The van der Waals surface area contributed by atoms with E-state index in [0.717, 1.165) is 17.5 Å². The molecule has 0 aliphatic carbocycles. The zero-order valence-corrected chi connectivity index (χ0v) is 7.45. The SMILES string of the molecule is CC1OCCc2c(C#N)cncc21. The highest BCUT2D eigenvalue weighted by Crippen LogP contribution is 2.27. The van der Waals surface area contributed by atoms with E-state index in [9.17, 15) is 0 Å². The van der Waals surface area contributed by atoms with Crippen LogP contribution in [0.25, 0.3) is 0 Å². The summed E-state index contributed by atoms with van der Waals surface area (Å²) in [6, 6.07) is 2.16. The van der Waals surface area contributed by atoms with Gasteiger partial charge in [-0.05, 0) is 18.9 Å². The van der Waals surface area contributed by atoms with Gasteiger partial charge in [0.15, 0.2) is 0 Å². The molecule has 0 aromatic carbocycles. The molecule has 1 aliphatic rings. The first kappa shape index (κ1) is 8.21. The van der Waals surface area contributed by atoms with Crippen molar-refractivity contribution in [1.29, 1.82) is 5.26 Å². The Hall–Kier alpha value is -1.40. The highest BCUT2D eigenvalue weighted by atomic mass is 16.5. The van der Waals surface area contributed by atoms with Crippen LogP contribution in [0.1, 0.15) is 29.7 Å². The minimum Gasteiger partial charge on any atom is -0.373 e. The molecule has 3 nitrogen and oxygen atoms in total. The Balaban J connectivity index is 2.56. The number of pyridine rings is 1. The number of nitrogens with zero attached hydrogens (tertiary/aromatic N) is 2. The van der Waals surface area contributed by atoms with Gasteiger partial charge in [0.2, 0.25) is 0 Å². The maximum Gasteiger partial charge on any atom is 0.101 e. The Morgan fingerprint density at radius 3 is 3.23 bits per heavy atom. The first-order valence-electron chi connectivity index (χ1n) is 4.31. The Morgan fingerprint density at radius 1 is 1.62 bits per heavy atom. The minimum atomic E-state index is 0.0737. The normalized spacial score (nSPS) is 20.5. The lowest BCUT2D eigenvalue weighted by molar-refractivity contribution is 0.0551. The van der Waals surface area contributed by atoms with Crippen molar-refractivity contribution in [1.82, 2.24) is 4.98 Å². The van der Waals surface area contributed by atoms with Crippen LogP contribution in [-0.4, -0.2) is 11.6 Å². The van der Waals surface area contributed by atoms with E-state index in [1.54, 1.807) is 12.4 Å². The van der Waals surface area contributed by atoms with Gasteiger partial charge in [0.05, 0.1) is 18.3 Å². The van der Waals surface area contributed by atoms with Crippen molar-refractivity contribution in [3.8, 4) is 6.07 Å². The predicted octanol–water partition coefficient (Wildman–Crippen LogP) is 1.59. The highest BCUT2D eigenvalue weighted by Gasteiger charge is 2.19. The highest BCUT2D eigenvalue weighted by molar-refractivity contribution is 5.41. The van der Waals surface area contributed by atoms with Gasteiger partial charge < -0.3 is 4.74 Å². The number of rotatable bonds is 0. The summed E-state index contributed by atoms with van der Waals surface area (Å²) in [6.45, 7) is 2.69. The first-order chi connectivity index (χ1) is 6.33. The van der Waals surface area contributed by atoms with E-state index in [1.807, 2.05) is 6.92 Å². The summed E-state index contributed by atoms with van der Waals surface area (Å²) in [4.78, 5) is 4.02. The molecule has 1 aromatic heterocycles. The molecule has 1 aromatic rings. The number of hydrogen-bond acceptors (Lipinski definition) is 3. The van der Waals surface area contributed by atoms with Crippen LogP contribution in [0.5, 0.6) is 0 Å². The maximum absolute atomic E-state index is 8.85. The lowest BCUT2D eigenvalue weighted by Gasteiger charge is -2.22. The Bertz CT molecular complexity index is 368. The van der Waals surface area contributed by atoms with Crippen LogP contribution in [0, 0.1) is 11.3 Å². The monoisotopic (exact) mass is 174 g/mol. The molecular weight excluding hydrogens is 164 g/mol. The molecule has 2 rings (SSSR count). The fourth-order valence-electron chi connectivity index (χ4n) is 1.66. The van der Waals surface area contributed by atoms with Gasteiger partial charge in [-0.15, -0.1) is 0 Å². The van der Waals surface area contributed by atoms with Gasteiger partial charge in [0, 0.05) is 18.0 Å². The fraction of sp³-hybridized carbons (Fsp3) is 0.400. The minimum absolute atomic E-state index is 0.0737. The van der Waals surface area contributed by atoms with Gasteiger partial charge in [-0.1, -0.05) is 0 Å². The molecule has 0 amide bonds. The Labute approximate surface area is 77.0 Å². The second kappa shape index (κ2) is 3.15. The molecule has 0 spiro atoms. The molecule has 1 atom stereocenters. The van der Waals surface area contributed by atoms with Gasteiger partial charge in [0.1, 0.15) is 6.07 Å². The summed E-state index contributed by atoms with van der Waals surface area (Å²) in [6.07, 6.45) is 4.31. The molecule has 1 unspecified atom stereocenters. The van der Waals surface area contributed by atoms with Gasteiger partial charge in [-0.3, -0.25) is 4.98 Å². The molecule has 2 heterocycles. The molecule has 0 saturated heterocycles. The van der Waals surface area contributed by atoms with E-state index in [-0.39, 0.29) is 6.10 Å². The summed E-state index contributed by atoms with van der Waals surface area (Å²) in [7, 11) is 0. The number of ether oxygens (including phenoxy) is 1. The van der Waals surface area contributed by atoms with Crippen LogP contribution in [0.2, 0.25) is 0 Å². The molecular formula is C10H10N2O. The van der Waals surface area contributed by atoms with Crippen LogP contribution in [0.3, 0.4) is 0 Å². The summed E-state index contributed by atoms with van der Waals surface area (Å²) < 4.78 is 5.45. The molecule has 0 N–H and O–H groups in total.